The third kappa shape index (κ3) is 8.74. The van der Waals surface area contributed by atoms with Crippen molar-refractivity contribution < 1.29 is 23.9 Å². The number of amides is 2. The molecule has 138 valence electrons. The average molecular weight is 350 g/mol. The van der Waals surface area contributed by atoms with Gasteiger partial charge in [0.2, 0.25) is 5.91 Å². The minimum absolute atomic E-state index is 0.118. The normalized spacial score (nSPS) is 11.5. The predicted octanol–water partition coefficient (Wildman–Crippen LogP) is 2.01. The summed E-state index contributed by atoms with van der Waals surface area (Å²) in [6, 6.07) is 8.48. The summed E-state index contributed by atoms with van der Waals surface area (Å²) in [5.41, 5.74) is 0.849. The lowest BCUT2D eigenvalue weighted by Gasteiger charge is -2.19. The quantitative estimate of drug-likeness (QED) is 0.665. The zero-order chi connectivity index (χ0) is 18.7. The number of carbonyl (C=O) groups is 3. The van der Waals surface area contributed by atoms with Crippen molar-refractivity contribution in [3.05, 3.63) is 35.9 Å². The van der Waals surface area contributed by atoms with Crippen LogP contribution in [0.4, 0.5) is 4.79 Å². The molecule has 0 aliphatic heterocycles. The topological polar surface area (TPSA) is 93.7 Å². The highest BCUT2D eigenvalue weighted by atomic mass is 16.5. The van der Waals surface area contributed by atoms with Crippen molar-refractivity contribution in [3.8, 4) is 0 Å². The van der Waals surface area contributed by atoms with Gasteiger partial charge in [0.25, 0.3) is 0 Å². The molecule has 2 N–H and O–H groups in total. The van der Waals surface area contributed by atoms with E-state index in [9.17, 15) is 14.4 Å². The van der Waals surface area contributed by atoms with Crippen molar-refractivity contribution in [2.24, 2.45) is 5.92 Å². The number of ether oxygens (including phenoxy) is 2. The van der Waals surface area contributed by atoms with Crippen molar-refractivity contribution in [2.45, 2.75) is 39.8 Å². The van der Waals surface area contributed by atoms with Crippen LogP contribution in [0, 0.1) is 5.92 Å². The Morgan fingerprint density at radius 3 is 2.36 bits per heavy atom. The number of alkyl carbamates (subject to hydrolysis) is 1. The Kier molecular flexibility index (Phi) is 9.06. The van der Waals surface area contributed by atoms with E-state index in [1.165, 1.54) is 0 Å². The molecule has 7 heteroatoms. The molecule has 0 aromatic heterocycles. The van der Waals surface area contributed by atoms with E-state index in [2.05, 4.69) is 10.6 Å². The molecule has 1 aromatic carbocycles. The van der Waals surface area contributed by atoms with Gasteiger partial charge in [-0.1, -0.05) is 44.2 Å². The number of hydrogen-bond donors (Lipinski definition) is 2. The maximum atomic E-state index is 11.9. The molecule has 0 fully saturated rings. The van der Waals surface area contributed by atoms with Crippen LogP contribution in [-0.2, 0) is 25.7 Å². The second-order valence-corrected chi connectivity index (χ2v) is 5.92. The fourth-order valence-corrected chi connectivity index (χ4v) is 2.10. The van der Waals surface area contributed by atoms with Gasteiger partial charge in [-0.25, -0.2) is 9.59 Å². The van der Waals surface area contributed by atoms with Gasteiger partial charge in [0.05, 0.1) is 6.61 Å². The number of carbonyl (C=O) groups excluding carboxylic acids is 3. The highest BCUT2D eigenvalue weighted by Gasteiger charge is 2.23. The summed E-state index contributed by atoms with van der Waals surface area (Å²) in [4.78, 5) is 35.4. The highest BCUT2D eigenvalue weighted by molar-refractivity contribution is 5.87. The lowest BCUT2D eigenvalue weighted by Crippen LogP contribution is -2.46. The Morgan fingerprint density at radius 1 is 1.08 bits per heavy atom. The first-order chi connectivity index (χ1) is 11.9. The fraction of sp³-hybridized carbons (Fsp3) is 0.500. The minimum Gasteiger partial charge on any atom is -0.464 e. The van der Waals surface area contributed by atoms with E-state index >= 15 is 0 Å². The Balaban J connectivity index is 2.37. The van der Waals surface area contributed by atoms with Crippen LogP contribution in [0.25, 0.3) is 0 Å². The smallest absolute Gasteiger partial charge is 0.407 e. The van der Waals surface area contributed by atoms with Gasteiger partial charge < -0.3 is 20.1 Å². The molecule has 0 aliphatic carbocycles. The first-order valence-corrected chi connectivity index (χ1v) is 8.32. The molecule has 0 bridgehead atoms. The van der Waals surface area contributed by atoms with Gasteiger partial charge in [-0.15, -0.1) is 0 Å². The van der Waals surface area contributed by atoms with Crippen LogP contribution in [0.5, 0.6) is 0 Å². The van der Waals surface area contributed by atoms with Crippen LogP contribution in [0.3, 0.4) is 0 Å². The molecule has 2 amide bonds. The number of esters is 1. The van der Waals surface area contributed by atoms with Gasteiger partial charge in [0.15, 0.2) is 0 Å². The van der Waals surface area contributed by atoms with E-state index in [0.29, 0.717) is 6.42 Å². The second-order valence-electron chi connectivity index (χ2n) is 5.92. The van der Waals surface area contributed by atoms with Crippen LogP contribution in [-0.4, -0.2) is 37.2 Å². The van der Waals surface area contributed by atoms with Crippen LogP contribution >= 0.6 is 0 Å². The number of nitrogens with one attached hydrogen (secondary N) is 2. The molecular formula is C18H26N2O5. The molecule has 25 heavy (non-hydrogen) atoms. The lowest BCUT2D eigenvalue weighted by molar-refractivity contribution is -0.147. The summed E-state index contributed by atoms with van der Waals surface area (Å²) in [7, 11) is 0. The van der Waals surface area contributed by atoms with E-state index in [-0.39, 0.29) is 25.7 Å². The predicted molar refractivity (Wildman–Crippen MR) is 92.6 cm³/mol. The summed E-state index contributed by atoms with van der Waals surface area (Å²) < 4.78 is 9.97. The molecule has 0 saturated carbocycles. The second kappa shape index (κ2) is 11.1. The third-order valence-electron chi connectivity index (χ3n) is 3.22. The Hall–Kier alpha value is -2.57. The molecule has 1 rings (SSSR count). The largest absolute Gasteiger partial charge is 0.464 e. The molecule has 0 spiro atoms. The zero-order valence-electron chi connectivity index (χ0n) is 14.9. The van der Waals surface area contributed by atoms with E-state index in [0.717, 1.165) is 5.56 Å². The van der Waals surface area contributed by atoms with Gasteiger partial charge in [-0.2, -0.15) is 0 Å². The fourth-order valence-electron chi connectivity index (χ4n) is 2.10. The van der Waals surface area contributed by atoms with Crippen LogP contribution in [0.15, 0.2) is 30.3 Å². The SMILES string of the molecule is CCOC(=O)C(CC(C)C)NC(=O)CNC(=O)OCc1ccccc1. The van der Waals surface area contributed by atoms with E-state index in [1.54, 1.807) is 6.92 Å². The van der Waals surface area contributed by atoms with Gasteiger partial charge in [0, 0.05) is 0 Å². The molecule has 1 atom stereocenters. The van der Waals surface area contributed by atoms with E-state index in [4.69, 9.17) is 9.47 Å². The average Bonchev–Trinajstić information content (AvgIpc) is 2.58. The van der Waals surface area contributed by atoms with Crippen molar-refractivity contribution in [1.29, 1.82) is 0 Å². The summed E-state index contributed by atoms with van der Waals surface area (Å²) in [5, 5.41) is 4.94. The van der Waals surface area contributed by atoms with Crippen molar-refractivity contribution >= 4 is 18.0 Å². The van der Waals surface area contributed by atoms with E-state index in [1.807, 2.05) is 44.2 Å². The first-order valence-electron chi connectivity index (χ1n) is 8.32. The van der Waals surface area contributed by atoms with Crippen LogP contribution in [0.2, 0.25) is 0 Å². The maximum absolute atomic E-state index is 11.9. The van der Waals surface area contributed by atoms with E-state index < -0.39 is 24.0 Å². The molecule has 1 aromatic rings. The summed E-state index contributed by atoms with van der Waals surface area (Å²) in [6.07, 6.45) is -0.237. The van der Waals surface area contributed by atoms with Crippen LogP contribution in [0.1, 0.15) is 32.8 Å². The molecular weight excluding hydrogens is 324 g/mol. The standard InChI is InChI=1S/C18H26N2O5/c1-4-24-17(22)15(10-13(2)3)20-16(21)11-19-18(23)25-12-14-8-6-5-7-9-14/h5-9,13,15H,4,10-12H2,1-3H3,(H,19,23)(H,20,21). The monoisotopic (exact) mass is 350 g/mol. The van der Waals surface area contributed by atoms with Gasteiger partial charge in [0.1, 0.15) is 19.2 Å². The number of benzene rings is 1. The zero-order valence-corrected chi connectivity index (χ0v) is 14.9. The third-order valence-corrected chi connectivity index (χ3v) is 3.22. The molecule has 0 heterocycles. The molecule has 0 aliphatic rings. The minimum atomic E-state index is -0.727. The molecule has 7 nitrogen and oxygen atoms in total. The Bertz CT molecular complexity index is 560. The summed E-state index contributed by atoms with van der Waals surface area (Å²) >= 11 is 0. The van der Waals surface area contributed by atoms with Crippen molar-refractivity contribution in [2.75, 3.05) is 13.2 Å². The molecule has 1 unspecified atom stereocenters. The molecule has 0 saturated heterocycles. The number of rotatable bonds is 9. The summed E-state index contributed by atoms with van der Waals surface area (Å²) in [5.74, 6) is -0.745. The Morgan fingerprint density at radius 2 is 1.76 bits per heavy atom. The van der Waals surface area contributed by atoms with Crippen molar-refractivity contribution in [3.63, 3.8) is 0 Å². The van der Waals surface area contributed by atoms with Gasteiger partial charge >= 0.3 is 12.1 Å². The lowest BCUT2D eigenvalue weighted by atomic mass is 10.0. The molecule has 0 radical (unpaired) electrons. The highest BCUT2D eigenvalue weighted by Crippen LogP contribution is 2.06. The van der Waals surface area contributed by atoms with Gasteiger partial charge in [-0.3, -0.25) is 4.79 Å². The van der Waals surface area contributed by atoms with Gasteiger partial charge in [-0.05, 0) is 24.8 Å². The number of hydrogen-bond acceptors (Lipinski definition) is 5. The summed E-state index contributed by atoms with van der Waals surface area (Å²) in [6.45, 7) is 5.67. The maximum Gasteiger partial charge on any atom is 0.407 e. The van der Waals surface area contributed by atoms with Crippen molar-refractivity contribution in [1.82, 2.24) is 10.6 Å². The Labute approximate surface area is 148 Å². The first kappa shape index (κ1) is 20.5. The van der Waals surface area contributed by atoms with Crippen LogP contribution < -0.4 is 10.6 Å².